The molecule has 1 unspecified atom stereocenters. The highest BCUT2D eigenvalue weighted by Gasteiger charge is 2.28. The standard InChI is InChI=1S/C12H16F3NO2/c1-8-5-9(3-4-11(8)18-2)10(6-17)16-7-12(13,14)15/h3-5,10,16-17H,6-7H2,1-2H3. The summed E-state index contributed by atoms with van der Waals surface area (Å²) in [6.07, 6.45) is -4.30. The van der Waals surface area contributed by atoms with Gasteiger partial charge in [0.15, 0.2) is 0 Å². The summed E-state index contributed by atoms with van der Waals surface area (Å²) < 4.78 is 41.4. The van der Waals surface area contributed by atoms with Gasteiger partial charge in [0.25, 0.3) is 0 Å². The summed E-state index contributed by atoms with van der Waals surface area (Å²) in [5, 5.41) is 11.4. The number of nitrogens with one attached hydrogen (secondary N) is 1. The summed E-state index contributed by atoms with van der Waals surface area (Å²) in [6, 6.07) is 4.26. The van der Waals surface area contributed by atoms with Gasteiger partial charge in [0.2, 0.25) is 0 Å². The predicted octanol–water partition coefficient (Wildman–Crippen LogP) is 2.19. The SMILES string of the molecule is COc1ccc(C(CO)NCC(F)(F)F)cc1C. The molecule has 1 atom stereocenters. The first-order valence-electron chi connectivity index (χ1n) is 5.43. The lowest BCUT2D eigenvalue weighted by atomic mass is 10.0. The van der Waals surface area contributed by atoms with E-state index in [1.807, 2.05) is 0 Å². The molecule has 0 saturated carbocycles. The normalized spacial score (nSPS) is 13.4. The number of halogens is 3. The van der Waals surface area contributed by atoms with Gasteiger partial charge < -0.3 is 9.84 Å². The molecule has 1 aromatic rings. The molecule has 18 heavy (non-hydrogen) atoms. The van der Waals surface area contributed by atoms with E-state index in [0.717, 1.165) is 5.56 Å². The molecule has 0 radical (unpaired) electrons. The molecule has 1 rings (SSSR count). The van der Waals surface area contributed by atoms with Crippen molar-refractivity contribution in [1.29, 1.82) is 0 Å². The Hall–Kier alpha value is -1.27. The van der Waals surface area contributed by atoms with Gasteiger partial charge in [-0.2, -0.15) is 13.2 Å². The van der Waals surface area contributed by atoms with Crippen LogP contribution < -0.4 is 10.1 Å². The number of hydrogen-bond donors (Lipinski definition) is 2. The molecule has 0 saturated heterocycles. The Morgan fingerprint density at radius 2 is 2.06 bits per heavy atom. The van der Waals surface area contributed by atoms with Gasteiger partial charge in [-0.1, -0.05) is 12.1 Å². The van der Waals surface area contributed by atoms with Crippen molar-refractivity contribution in [3.05, 3.63) is 29.3 Å². The minimum absolute atomic E-state index is 0.401. The van der Waals surface area contributed by atoms with Crippen LogP contribution in [0.3, 0.4) is 0 Å². The van der Waals surface area contributed by atoms with Gasteiger partial charge in [-0.05, 0) is 24.1 Å². The average molecular weight is 263 g/mol. The van der Waals surface area contributed by atoms with Crippen molar-refractivity contribution in [2.24, 2.45) is 0 Å². The maximum absolute atomic E-state index is 12.1. The second kappa shape index (κ2) is 6.06. The number of hydrogen-bond acceptors (Lipinski definition) is 3. The summed E-state index contributed by atoms with van der Waals surface area (Å²) in [6.45, 7) is 0.256. The van der Waals surface area contributed by atoms with Crippen LogP contribution in [0.5, 0.6) is 5.75 Å². The van der Waals surface area contributed by atoms with Crippen molar-refractivity contribution in [3.63, 3.8) is 0 Å². The fraction of sp³-hybridized carbons (Fsp3) is 0.500. The molecule has 102 valence electrons. The van der Waals surface area contributed by atoms with E-state index in [-0.39, 0.29) is 0 Å². The summed E-state index contributed by atoms with van der Waals surface area (Å²) in [7, 11) is 1.52. The van der Waals surface area contributed by atoms with Gasteiger partial charge in [0.1, 0.15) is 5.75 Å². The summed E-state index contributed by atoms with van der Waals surface area (Å²) in [4.78, 5) is 0. The van der Waals surface area contributed by atoms with Gasteiger partial charge in [-0.15, -0.1) is 0 Å². The lowest BCUT2D eigenvalue weighted by Gasteiger charge is -2.19. The molecule has 0 aliphatic carbocycles. The highest BCUT2D eigenvalue weighted by Crippen LogP contribution is 2.23. The van der Waals surface area contributed by atoms with Crippen LogP contribution >= 0.6 is 0 Å². The van der Waals surface area contributed by atoms with Gasteiger partial charge in [0, 0.05) is 0 Å². The van der Waals surface area contributed by atoms with Crippen LogP contribution in [0.4, 0.5) is 13.2 Å². The minimum atomic E-state index is -4.30. The third-order valence-electron chi connectivity index (χ3n) is 2.55. The van der Waals surface area contributed by atoms with Gasteiger partial charge in [0.05, 0.1) is 26.3 Å². The van der Waals surface area contributed by atoms with E-state index in [0.29, 0.717) is 11.3 Å². The Labute approximate surface area is 104 Å². The first-order valence-corrected chi connectivity index (χ1v) is 5.43. The highest BCUT2D eigenvalue weighted by molar-refractivity contribution is 5.37. The van der Waals surface area contributed by atoms with Crippen LogP contribution in [0.15, 0.2) is 18.2 Å². The van der Waals surface area contributed by atoms with E-state index in [1.54, 1.807) is 25.1 Å². The molecule has 0 spiro atoms. The van der Waals surface area contributed by atoms with Crippen molar-refractivity contribution < 1.29 is 23.0 Å². The second-order valence-corrected chi connectivity index (χ2v) is 3.96. The highest BCUT2D eigenvalue weighted by atomic mass is 19.4. The molecule has 0 bridgehead atoms. The van der Waals surface area contributed by atoms with Crippen LogP contribution in [0.2, 0.25) is 0 Å². The molecular formula is C12H16F3NO2. The third kappa shape index (κ3) is 4.19. The van der Waals surface area contributed by atoms with E-state index in [9.17, 15) is 13.2 Å². The summed E-state index contributed by atoms with van der Waals surface area (Å²) in [5.74, 6) is 0.659. The first kappa shape index (κ1) is 14.8. The zero-order chi connectivity index (χ0) is 13.8. The van der Waals surface area contributed by atoms with E-state index >= 15 is 0 Å². The largest absolute Gasteiger partial charge is 0.496 e. The molecule has 0 aliphatic heterocycles. The fourth-order valence-electron chi connectivity index (χ4n) is 1.65. The van der Waals surface area contributed by atoms with Gasteiger partial charge in [-0.3, -0.25) is 5.32 Å². The van der Waals surface area contributed by atoms with Crippen molar-refractivity contribution in [2.75, 3.05) is 20.3 Å². The molecular weight excluding hydrogens is 247 g/mol. The zero-order valence-electron chi connectivity index (χ0n) is 10.2. The lowest BCUT2D eigenvalue weighted by Crippen LogP contribution is -2.33. The van der Waals surface area contributed by atoms with Crippen LogP contribution in [-0.2, 0) is 0 Å². The van der Waals surface area contributed by atoms with Crippen molar-refractivity contribution in [2.45, 2.75) is 19.1 Å². The number of alkyl halides is 3. The van der Waals surface area contributed by atoms with Crippen LogP contribution in [0.25, 0.3) is 0 Å². The number of ether oxygens (including phenoxy) is 1. The number of methoxy groups -OCH3 is 1. The smallest absolute Gasteiger partial charge is 0.401 e. The molecule has 3 nitrogen and oxygen atoms in total. The molecule has 0 heterocycles. The summed E-state index contributed by atoms with van der Waals surface area (Å²) in [5.41, 5.74) is 1.40. The van der Waals surface area contributed by atoms with E-state index in [2.05, 4.69) is 5.32 Å². The molecule has 2 N–H and O–H groups in total. The predicted molar refractivity (Wildman–Crippen MR) is 61.6 cm³/mol. The zero-order valence-corrected chi connectivity index (χ0v) is 10.2. The van der Waals surface area contributed by atoms with E-state index < -0.39 is 25.4 Å². The monoisotopic (exact) mass is 263 g/mol. The van der Waals surface area contributed by atoms with Crippen LogP contribution in [-0.4, -0.2) is 31.5 Å². The van der Waals surface area contributed by atoms with Crippen molar-refractivity contribution in [3.8, 4) is 5.75 Å². The summed E-state index contributed by atoms with van der Waals surface area (Å²) >= 11 is 0. The van der Waals surface area contributed by atoms with Crippen LogP contribution in [0.1, 0.15) is 17.2 Å². The Kier molecular flexibility index (Phi) is 4.98. The molecule has 0 aromatic heterocycles. The first-order chi connectivity index (χ1) is 8.37. The number of aryl methyl sites for hydroxylation is 1. The fourth-order valence-corrected chi connectivity index (χ4v) is 1.65. The Morgan fingerprint density at radius 1 is 1.39 bits per heavy atom. The number of aliphatic hydroxyl groups excluding tert-OH is 1. The Balaban J connectivity index is 2.79. The average Bonchev–Trinajstić information content (AvgIpc) is 2.28. The maximum atomic E-state index is 12.1. The van der Waals surface area contributed by atoms with Gasteiger partial charge >= 0.3 is 6.18 Å². The number of rotatable bonds is 5. The maximum Gasteiger partial charge on any atom is 0.401 e. The van der Waals surface area contributed by atoms with Crippen LogP contribution in [0, 0.1) is 6.92 Å². The Bertz CT molecular complexity index is 393. The Morgan fingerprint density at radius 3 is 2.50 bits per heavy atom. The molecule has 0 fully saturated rings. The minimum Gasteiger partial charge on any atom is -0.496 e. The second-order valence-electron chi connectivity index (χ2n) is 3.96. The lowest BCUT2D eigenvalue weighted by molar-refractivity contribution is -0.126. The van der Waals surface area contributed by atoms with Crippen molar-refractivity contribution >= 4 is 0 Å². The van der Waals surface area contributed by atoms with E-state index in [4.69, 9.17) is 9.84 Å². The number of benzene rings is 1. The molecule has 0 aliphatic rings. The number of aliphatic hydroxyl groups is 1. The third-order valence-corrected chi connectivity index (χ3v) is 2.55. The molecule has 6 heteroatoms. The molecule has 1 aromatic carbocycles. The van der Waals surface area contributed by atoms with Crippen molar-refractivity contribution in [1.82, 2.24) is 5.32 Å². The quantitative estimate of drug-likeness (QED) is 0.855. The van der Waals surface area contributed by atoms with Gasteiger partial charge in [-0.25, -0.2) is 0 Å². The molecule has 0 amide bonds. The topological polar surface area (TPSA) is 41.5 Å². The van der Waals surface area contributed by atoms with E-state index in [1.165, 1.54) is 7.11 Å².